The molecule has 4 aromatic rings. The molecular weight excluding hydrogens is 430 g/mol. The largest absolute Gasteiger partial charge is 0.489 e. The fourth-order valence-electron chi connectivity index (χ4n) is 4.37. The number of benzene rings is 2. The molecule has 5 rings (SSSR count). The molecule has 1 aliphatic heterocycles. The van der Waals surface area contributed by atoms with Crippen LogP contribution in [0, 0.1) is 24.2 Å². The lowest BCUT2D eigenvalue weighted by Gasteiger charge is -2.18. The highest BCUT2D eigenvalue weighted by Gasteiger charge is 2.27. The molecule has 0 radical (unpaired) electrons. The summed E-state index contributed by atoms with van der Waals surface area (Å²) in [5.41, 5.74) is 6.15. The van der Waals surface area contributed by atoms with E-state index in [0.29, 0.717) is 36.7 Å². The normalized spacial score (nSPS) is 15.4. The first-order chi connectivity index (χ1) is 16.5. The van der Waals surface area contributed by atoms with Gasteiger partial charge in [0.05, 0.1) is 23.9 Å². The average molecular weight is 454 g/mol. The highest BCUT2D eigenvalue weighted by Crippen LogP contribution is 2.37. The highest BCUT2D eigenvalue weighted by molar-refractivity contribution is 5.85. The molecule has 0 bridgehead atoms. The van der Waals surface area contributed by atoms with Crippen molar-refractivity contribution in [3.63, 3.8) is 0 Å². The van der Waals surface area contributed by atoms with Crippen LogP contribution in [0.5, 0.6) is 5.75 Å². The van der Waals surface area contributed by atoms with E-state index in [-0.39, 0.29) is 5.92 Å². The molecule has 0 spiro atoms. The summed E-state index contributed by atoms with van der Waals surface area (Å²) < 4.78 is 8.13. The van der Waals surface area contributed by atoms with Gasteiger partial charge in [-0.2, -0.15) is 5.26 Å². The quantitative estimate of drug-likeness (QED) is 0.473. The van der Waals surface area contributed by atoms with E-state index < -0.39 is 6.09 Å². The summed E-state index contributed by atoms with van der Waals surface area (Å²) in [6, 6.07) is 19.8. The molecule has 3 heterocycles. The van der Waals surface area contributed by atoms with Gasteiger partial charge in [-0.05, 0) is 42.7 Å². The van der Waals surface area contributed by atoms with Crippen LogP contribution >= 0.6 is 0 Å². The summed E-state index contributed by atoms with van der Waals surface area (Å²) in [6.45, 7) is 3.42. The first-order valence-corrected chi connectivity index (χ1v) is 11.1. The van der Waals surface area contributed by atoms with Gasteiger partial charge in [-0.1, -0.05) is 42.0 Å². The van der Waals surface area contributed by atoms with Crippen molar-refractivity contribution in [2.75, 3.05) is 19.7 Å². The number of aromatic nitrogens is 3. The molecule has 0 saturated carbocycles. The summed E-state index contributed by atoms with van der Waals surface area (Å²) in [5, 5.41) is 26.9. The number of likely N-dealkylation sites (tertiary alicyclic amines) is 1. The van der Waals surface area contributed by atoms with Crippen molar-refractivity contribution < 1.29 is 14.6 Å². The Hall–Kier alpha value is -4.38. The van der Waals surface area contributed by atoms with E-state index in [0.717, 1.165) is 34.4 Å². The fourth-order valence-corrected chi connectivity index (χ4v) is 4.37. The van der Waals surface area contributed by atoms with E-state index in [1.165, 1.54) is 4.90 Å². The standard InChI is InChI=1S/C26H23N5O3/c1-17-2-6-21(7-3-17)24-22(20-8-4-18(13-27)5-9-20)12-23(25-29-28-16-31(24)25)34-15-19-10-11-30(14-19)26(32)33/h2-9,12,16,19H,10-11,14-15H2,1H3,(H,32,33)/t19-/m1/s1. The van der Waals surface area contributed by atoms with Crippen LogP contribution in [-0.2, 0) is 0 Å². The molecule has 170 valence electrons. The number of rotatable bonds is 5. The Morgan fingerprint density at radius 2 is 1.91 bits per heavy atom. The zero-order chi connectivity index (χ0) is 23.7. The van der Waals surface area contributed by atoms with Crippen molar-refractivity contribution in [3.05, 3.63) is 72.1 Å². The van der Waals surface area contributed by atoms with Gasteiger partial charge in [-0.25, -0.2) is 4.79 Å². The van der Waals surface area contributed by atoms with Gasteiger partial charge in [-0.15, -0.1) is 10.2 Å². The highest BCUT2D eigenvalue weighted by atomic mass is 16.5. The number of hydrogen-bond acceptors (Lipinski definition) is 5. The van der Waals surface area contributed by atoms with Gasteiger partial charge < -0.3 is 14.7 Å². The molecule has 1 amide bonds. The molecule has 1 fully saturated rings. The monoisotopic (exact) mass is 453 g/mol. The van der Waals surface area contributed by atoms with E-state index in [4.69, 9.17) is 4.74 Å². The first kappa shape index (κ1) is 21.5. The zero-order valence-corrected chi connectivity index (χ0v) is 18.7. The topological polar surface area (TPSA) is 104 Å². The lowest BCUT2D eigenvalue weighted by Crippen LogP contribution is -2.27. The van der Waals surface area contributed by atoms with Crippen molar-refractivity contribution in [2.24, 2.45) is 5.92 Å². The summed E-state index contributed by atoms with van der Waals surface area (Å²) in [6.07, 6.45) is 1.54. The zero-order valence-electron chi connectivity index (χ0n) is 18.7. The lowest BCUT2D eigenvalue weighted by molar-refractivity contribution is 0.151. The van der Waals surface area contributed by atoms with Crippen LogP contribution in [0.4, 0.5) is 4.79 Å². The molecule has 1 atom stereocenters. The van der Waals surface area contributed by atoms with Crippen molar-refractivity contribution in [3.8, 4) is 34.2 Å². The Kier molecular flexibility index (Phi) is 5.60. The minimum absolute atomic E-state index is 0.120. The number of amides is 1. The van der Waals surface area contributed by atoms with Crippen LogP contribution < -0.4 is 4.74 Å². The Bertz CT molecular complexity index is 1390. The third-order valence-corrected chi connectivity index (χ3v) is 6.22. The average Bonchev–Trinajstić information content (AvgIpc) is 3.53. The maximum atomic E-state index is 11.2. The van der Waals surface area contributed by atoms with E-state index in [2.05, 4.69) is 40.5 Å². The third-order valence-electron chi connectivity index (χ3n) is 6.22. The van der Waals surface area contributed by atoms with Crippen molar-refractivity contribution in [1.29, 1.82) is 5.26 Å². The summed E-state index contributed by atoms with van der Waals surface area (Å²) in [7, 11) is 0. The van der Waals surface area contributed by atoms with Crippen molar-refractivity contribution >= 4 is 11.7 Å². The number of nitriles is 1. The predicted octanol–water partition coefficient (Wildman–Crippen LogP) is 4.62. The molecule has 8 nitrogen and oxygen atoms in total. The number of fused-ring (bicyclic) bond motifs is 1. The molecule has 34 heavy (non-hydrogen) atoms. The van der Waals surface area contributed by atoms with Crippen LogP contribution in [-0.4, -0.2) is 50.4 Å². The molecule has 0 aliphatic carbocycles. The molecule has 0 unspecified atom stereocenters. The second-order valence-electron chi connectivity index (χ2n) is 8.54. The van der Waals surface area contributed by atoms with Crippen LogP contribution in [0.1, 0.15) is 17.5 Å². The SMILES string of the molecule is Cc1ccc(-c2c(-c3ccc(C#N)cc3)cc(OC[C@@H]3CCN(C(=O)O)C3)c3nncn23)cc1. The smallest absolute Gasteiger partial charge is 0.407 e. The van der Waals surface area contributed by atoms with E-state index in [1.807, 2.05) is 29.5 Å². The van der Waals surface area contributed by atoms with E-state index in [9.17, 15) is 15.2 Å². The van der Waals surface area contributed by atoms with Crippen LogP contribution in [0.25, 0.3) is 28.0 Å². The second kappa shape index (κ2) is 8.87. The fraction of sp³-hybridized carbons (Fsp3) is 0.231. The number of carboxylic acid groups (broad SMARTS) is 1. The number of hydrogen-bond donors (Lipinski definition) is 1. The number of ether oxygens (including phenoxy) is 1. The number of pyridine rings is 1. The molecule has 1 aliphatic rings. The van der Waals surface area contributed by atoms with E-state index in [1.54, 1.807) is 18.5 Å². The third kappa shape index (κ3) is 4.04. The minimum atomic E-state index is -0.895. The molecule has 8 heteroatoms. The minimum Gasteiger partial charge on any atom is -0.489 e. The first-order valence-electron chi connectivity index (χ1n) is 11.1. The number of carbonyl (C=O) groups is 1. The van der Waals surface area contributed by atoms with Gasteiger partial charge >= 0.3 is 6.09 Å². The molecule has 2 aromatic heterocycles. The molecule has 1 N–H and O–H groups in total. The lowest BCUT2D eigenvalue weighted by atomic mass is 9.97. The van der Waals surface area contributed by atoms with Gasteiger partial charge in [0.15, 0.2) is 5.75 Å². The maximum Gasteiger partial charge on any atom is 0.407 e. The maximum absolute atomic E-state index is 11.2. The van der Waals surface area contributed by atoms with Crippen molar-refractivity contribution in [1.82, 2.24) is 19.5 Å². The number of nitrogens with zero attached hydrogens (tertiary/aromatic N) is 5. The summed E-state index contributed by atoms with van der Waals surface area (Å²) in [5.74, 6) is 0.704. The van der Waals surface area contributed by atoms with E-state index >= 15 is 0 Å². The van der Waals surface area contributed by atoms with Gasteiger partial charge in [0.2, 0.25) is 5.65 Å². The van der Waals surface area contributed by atoms with Crippen LogP contribution in [0.3, 0.4) is 0 Å². The molecule has 1 saturated heterocycles. The predicted molar refractivity (Wildman–Crippen MR) is 127 cm³/mol. The Morgan fingerprint density at radius 3 is 2.59 bits per heavy atom. The Labute approximate surface area is 196 Å². The summed E-state index contributed by atoms with van der Waals surface area (Å²) in [4.78, 5) is 12.7. The van der Waals surface area contributed by atoms with Crippen LogP contribution in [0.15, 0.2) is 60.9 Å². The van der Waals surface area contributed by atoms with Gasteiger partial charge in [0, 0.05) is 24.6 Å². The number of aryl methyl sites for hydroxylation is 1. The molecule has 2 aromatic carbocycles. The molecular formula is C26H23N5O3. The van der Waals surface area contributed by atoms with Gasteiger partial charge in [0.1, 0.15) is 6.33 Å². The summed E-state index contributed by atoms with van der Waals surface area (Å²) >= 11 is 0. The van der Waals surface area contributed by atoms with Crippen molar-refractivity contribution in [2.45, 2.75) is 13.3 Å². The van der Waals surface area contributed by atoms with Gasteiger partial charge in [-0.3, -0.25) is 4.40 Å². The Morgan fingerprint density at radius 1 is 1.18 bits per heavy atom. The van der Waals surface area contributed by atoms with Gasteiger partial charge in [0.25, 0.3) is 0 Å². The second-order valence-corrected chi connectivity index (χ2v) is 8.54. The van der Waals surface area contributed by atoms with Crippen LogP contribution in [0.2, 0.25) is 0 Å². The Balaban J connectivity index is 1.58.